The number of amides is 1. The number of aliphatic hydroxyl groups excluding tert-OH is 1. The summed E-state index contributed by atoms with van der Waals surface area (Å²) < 4.78 is 5.11. The first kappa shape index (κ1) is 23.3. The van der Waals surface area contributed by atoms with E-state index in [1.54, 1.807) is 48.5 Å². The van der Waals surface area contributed by atoms with Crippen molar-refractivity contribution >= 4 is 40.7 Å². The third kappa shape index (κ3) is 4.32. The molecule has 0 aromatic heterocycles. The smallest absolute Gasteiger partial charge is 0.308 e. The highest BCUT2D eigenvalue weighted by molar-refractivity contribution is 6.51. The van der Waals surface area contributed by atoms with Gasteiger partial charge in [-0.25, -0.2) is 0 Å². The minimum absolute atomic E-state index is 0.0502. The number of anilines is 1. The molecule has 3 aromatic carbocycles. The summed E-state index contributed by atoms with van der Waals surface area (Å²) in [6.07, 6.45) is 0. The highest BCUT2D eigenvalue weighted by Gasteiger charge is 2.47. The van der Waals surface area contributed by atoms with Crippen LogP contribution in [-0.4, -0.2) is 22.8 Å². The van der Waals surface area contributed by atoms with Crippen molar-refractivity contribution in [1.29, 1.82) is 0 Å². The summed E-state index contributed by atoms with van der Waals surface area (Å²) in [6.45, 7) is 5.18. The van der Waals surface area contributed by atoms with Crippen LogP contribution >= 0.6 is 11.6 Å². The molecule has 34 heavy (non-hydrogen) atoms. The van der Waals surface area contributed by atoms with Gasteiger partial charge in [0.2, 0.25) is 0 Å². The van der Waals surface area contributed by atoms with Crippen LogP contribution in [-0.2, 0) is 14.4 Å². The minimum Gasteiger partial charge on any atom is -0.507 e. The van der Waals surface area contributed by atoms with E-state index in [4.69, 9.17) is 16.3 Å². The van der Waals surface area contributed by atoms with Gasteiger partial charge in [0, 0.05) is 23.2 Å². The second-order valence-corrected chi connectivity index (χ2v) is 8.55. The van der Waals surface area contributed by atoms with Gasteiger partial charge < -0.3 is 9.84 Å². The lowest BCUT2D eigenvalue weighted by Crippen LogP contribution is -2.29. The molecule has 172 valence electrons. The highest BCUT2D eigenvalue weighted by Crippen LogP contribution is 2.43. The Balaban J connectivity index is 1.92. The molecule has 3 aromatic rings. The van der Waals surface area contributed by atoms with Gasteiger partial charge in [-0.1, -0.05) is 41.9 Å². The number of ether oxygens (including phenoxy) is 1. The zero-order valence-electron chi connectivity index (χ0n) is 18.8. The number of Topliss-reactive ketones (excluding diaryl/α,β-unsaturated/α-hetero) is 1. The van der Waals surface area contributed by atoms with Crippen LogP contribution in [0.5, 0.6) is 5.75 Å². The molecular weight excluding hydrogens is 454 g/mol. The van der Waals surface area contributed by atoms with Crippen LogP contribution in [0.1, 0.15) is 35.2 Å². The summed E-state index contributed by atoms with van der Waals surface area (Å²) in [6, 6.07) is 17.5. The number of nitrogens with zero attached hydrogens (tertiary/aromatic N) is 1. The van der Waals surface area contributed by atoms with Gasteiger partial charge in [-0.05, 0) is 66.9 Å². The van der Waals surface area contributed by atoms with E-state index in [0.717, 1.165) is 11.1 Å². The second kappa shape index (κ2) is 9.15. The number of aliphatic hydroxyl groups is 1. The summed E-state index contributed by atoms with van der Waals surface area (Å²) in [4.78, 5) is 39.1. The Morgan fingerprint density at radius 1 is 0.971 bits per heavy atom. The minimum atomic E-state index is -0.896. The average Bonchev–Trinajstić information content (AvgIpc) is 3.06. The number of benzene rings is 3. The maximum atomic E-state index is 13.2. The molecule has 1 aliphatic rings. The number of hydrogen-bond acceptors (Lipinski definition) is 5. The number of carbonyl (C=O) groups excluding carboxylic acids is 3. The molecule has 0 aliphatic carbocycles. The van der Waals surface area contributed by atoms with Crippen LogP contribution in [0.4, 0.5) is 5.69 Å². The molecule has 0 saturated carbocycles. The largest absolute Gasteiger partial charge is 0.507 e. The van der Waals surface area contributed by atoms with Gasteiger partial charge in [0.05, 0.1) is 11.6 Å². The Morgan fingerprint density at radius 2 is 1.68 bits per heavy atom. The average molecular weight is 476 g/mol. The first-order chi connectivity index (χ1) is 16.2. The van der Waals surface area contributed by atoms with E-state index in [9.17, 15) is 19.5 Å². The molecule has 4 rings (SSSR count). The third-order valence-electron chi connectivity index (χ3n) is 5.77. The number of ketones is 1. The van der Waals surface area contributed by atoms with Gasteiger partial charge in [0.25, 0.3) is 11.7 Å². The van der Waals surface area contributed by atoms with Crippen molar-refractivity contribution in [2.75, 3.05) is 4.90 Å². The van der Waals surface area contributed by atoms with Crippen molar-refractivity contribution in [3.8, 4) is 5.75 Å². The van der Waals surface area contributed by atoms with Crippen LogP contribution in [0.15, 0.2) is 72.3 Å². The van der Waals surface area contributed by atoms with Gasteiger partial charge >= 0.3 is 5.97 Å². The van der Waals surface area contributed by atoms with Crippen molar-refractivity contribution in [3.63, 3.8) is 0 Å². The SMILES string of the molecule is CC(=O)Oc1ccc(C2/C(=C(\O)c3cccc(Cl)c3)C(=O)C(=O)N2c2ccc(C)c(C)c2)cc1. The van der Waals surface area contributed by atoms with Gasteiger partial charge in [-0.2, -0.15) is 0 Å². The quantitative estimate of drug-likeness (QED) is 0.177. The molecule has 1 aliphatic heterocycles. The fourth-order valence-electron chi connectivity index (χ4n) is 3.97. The topological polar surface area (TPSA) is 83.9 Å². The van der Waals surface area contributed by atoms with Crippen molar-refractivity contribution in [2.45, 2.75) is 26.8 Å². The van der Waals surface area contributed by atoms with E-state index in [2.05, 4.69) is 0 Å². The second-order valence-electron chi connectivity index (χ2n) is 8.11. The van der Waals surface area contributed by atoms with E-state index >= 15 is 0 Å². The molecule has 1 amide bonds. The highest BCUT2D eigenvalue weighted by atomic mass is 35.5. The van der Waals surface area contributed by atoms with E-state index in [1.807, 2.05) is 26.0 Å². The van der Waals surface area contributed by atoms with E-state index in [-0.39, 0.29) is 11.3 Å². The Labute approximate surface area is 202 Å². The molecule has 0 radical (unpaired) electrons. The number of esters is 1. The van der Waals surface area contributed by atoms with Gasteiger partial charge in [0.15, 0.2) is 0 Å². The normalized spacial score (nSPS) is 17.2. The Morgan fingerprint density at radius 3 is 2.29 bits per heavy atom. The lowest BCUT2D eigenvalue weighted by Gasteiger charge is -2.26. The Bertz CT molecular complexity index is 1340. The summed E-state index contributed by atoms with van der Waals surface area (Å²) in [5.41, 5.74) is 3.37. The summed E-state index contributed by atoms with van der Waals surface area (Å²) in [5, 5.41) is 11.5. The van der Waals surface area contributed by atoms with E-state index in [1.165, 1.54) is 17.9 Å². The molecule has 7 heteroatoms. The number of carbonyl (C=O) groups is 3. The van der Waals surface area contributed by atoms with E-state index < -0.39 is 23.7 Å². The predicted molar refractivity (Wildman–Crippen MR) is 130 cm³/mol. The number of aryl methyl sites for hydroxylation is 2. The standard InChI is InChI=1S/C27H22ClNO5/c1-15-7-10-21(13-16(15)2)29-24(18-8-11-22(12-9-18)34-17(3)30)23(26(32)27(29)33)25(31)19-5-4-6-20(28)14-19/h4-14,24,31H,1-3H3/b25-23+. The maximum absolute atomic E-state index is 13.2. The fraction of sp³-hybridized carbons (Fsp3) is 0.148. The lowest BCUT2D eigenvalue weighted by atomic mass is 9.95. The Kier molecular flexibility index (Phi) is 6.26. The maximum Gasteiger partial charge on any atom is 0.308 e. The molecule has 1 saturated heterocycles. The van der Waals surface area contributed by atoms with Gasteiger partial charge in [-0.15, -0.1) is 0 Å². The molecule has 1 unspecified atom stereocenters. The van der Waals surface area contributed by atoms with Crippen molar-refractivity contribution in [2.24, 2.45) is 0 Å². The molecule has 0 spiro atoms. The molecule has 1 heterocycles. The summed E-state index contributed by atoms with van der Waals surface area (Å²) in [7, 11) is 0. The first-order valence-electron chi connectivity index (χ1n) is 10.6. The summed E-state index contributed by atoms with van der Waals surface area (Å²) >= 11 is 6.09. The molecule has 1 atom stereocenters. The molecule has 1 fully saturated rings. The van der Waals surface area contributed by atoms with E-state index in [0.29, 0.717) is 27.6 Å². The number of halogens is 1. The lowest BCUT2D eigenvalue weighted by molar-refractivity contribution is -0.132. The van der Waals surface area contributed by atoms with Gasteiger partial charge in [-0.3, -0.25) is 19.3 Å². The van der Waals surface area contributed by atoms with Crippen molar-refractivity contribution in [3.05, 3.63) is 99.6 Å². The molecular formula is C27H22ClNO5. The first-order valence-corrected chi connectivity index (χ1v) is 11.0. The zero-order valence-corrected chi connectivity index (χ0v) is 19.6. The molecule has 1 N–H and O–H groups in total. The number of rotatable bonds is 4. The molecule has 6 nitrogen and oxygen atoms in total. The predicted octanol–water partition coefficient (Wildman–Crippen LogP) is 5.51. The molecule has 0 bridgehead atoms. The monoisotopic (exact) mass is 475 g/mol. The fourth-order valence-corrected chi connectivity index (χ4v) is 4.16. The van der Waals surface area contributed by atoms with Crippen LogP contribution < -0.4 is 9.64 Å². The third-order valence-corrected chi connectivity index (χ3v) is 6.00. The van der Waals surface area contributed by atoms with Crippen LogP contribution in [0.25, 0.3) is 5.76 Å². The van der Waals surface area contributed by atoms with Crippen molar-refractivity contribution in [1.82, 2.24) is 0 Å². The van der Waals surface area contributed by atoms with Crippen LogP contribution in [0, 0.1) is 13.8 Å². The van der Waals surface area contributed by atoms with Gasteiger partial charge in [0.1, 0.15) is 11.5 Å². The van der Waals surface area contributed by atoms with Crippen molar-refractivity contribution < 1.29 is 24.2 Å². The summed E-state index contributed by atoms with van der Waals surface area (Å²) in [5.74, 6) is -2.00. The van der Waals surface area contributed by atoms with Crippen LogP contribution in [0.3, 0.4) is 0 Å². The Hall–Kier alpha value is -3.90. The zero-order chi connectivity index (χ0) is 24.6. The number of hydrogen-bond donors (Lipinski definition) is 1. The van der Waals surface area contributed by atoms with Crippen LogP contribution in [0.2, 0.25) is 5.02 Å².